The van der Waals surface area contributed by atoms with Crippen LogP contribution >= 0.6 is 11.8 Å². The molecule has 0 fully saturated rings. The molecular formula is C18H23F3N4OS. The zero-order valence-corrected chi connectivity index (χ0v) is 16.7. The molecule has 2 rings (SSSR count). The molecule has 27 heavy (non-hydrogen) atoms. The van der Waals surface area contributed by atoms with Gasteiger partial charge in [-0.15, -0.1) is 10.2 Å². The molecule has 1 aromatic carbocycles. The number of nitrogens with zero attached hydrogens (tertiary/aromatic N) is 3. The van der Waals surface area contributed by atoms with Crippen LogP contribution in [0.15, 0.2) is 29.4 Å². The lowest BCUT2D eigenvalue weighted by Gasteiger charge is -2.19. The van der Waals surface area contributed by atoms with Crippen LogP contribution < -0.4 is 5.32 Å². The Morgan fingerprint density at radius 1 is 1.19 bits per heavy atom. The van der Waals surface area contributed by atoms with Crippen molar-refractivity contribution in [3.05, 3.63) is 29.8 Å². The zero-order valence-electron chi connectivity index (χ0n) is 15.9. The van der Waals surface area contributed by atoms with Crippen molar-refractivity contribution in [2.24, 2.45) is 7.05 Å². The van der Waals surface area contributed by atoms with Gasteiger partial charge in [0, 0.05) is 12.6 Å². The first kappa shape index (κ1) is 21.3. The second kappa shape index (κ2) is 7.92. The third kappa shape index (κ3) is 5.72. The average Bonchev–Trinajstić information content (AvgIpc) is 2.92. The molecule has 1 aromatic heterocycles. The molecule has 9 heteroatoms. The fourth-order valence-corrected chi connectivity index (χ4v) is 3.17. The van der Waals surface area contributed by atoms with Crippen molar-refractivity contribution >= 4 is 17.7 Å². The monoisotopic (exact) mass is 400 g/mol. The van der Waals surface area contributed by atoms with Gasteiger partial charge >= 0.3 is 6.18 Å². The minimum atomic E-state index is -4.43. The number of alkyl halides is 3. The number of hydrogen-bond donors (Lipinski definition) is 1. The van der Waals surface area contributed by atoms with Gasteiger partial charge in [-0.1, -0.05) is 56.8 Å². The molecule has 0 saturated heterocycles. The first-order chi connectivity index (χ1) is 12.4. The quantitative estimate of drug-likeness (QED) is 0.773. The van der Waals surface area contributed by atoms with E-state index in [-0.39, 0.29) is 5.41 Å². The molecular weight excluding hydrogens is 377 g/mol. The number of aromatic nitrogens is 3. The minimum Gasteiger partial charge on any atom is -0.346 e. The van der Waals surface area contributed by atoms with Gasteiger partial charge < -0.3 is 9.88 Å². The lowest BCUT2D eigenvalue weighted by atomic mass is 9.87. The number of rotatable bonds is 5. The molecule has 0 bridgehead atoms. The number of hydrogen-bond acceptors (Lipinski definition) is 4. The van der Waals surface area contributed by atoms with Crippen molar-refractivity contribution in [2.75, 3.05) is 6.54 Å². The Bertz CT molecular complexity index is 794. The van der Waals surface area contributed by atoms with E-state index in [0.717, 1.165) is 17.3 Å². The maximum atomic E-state index is 12.2. The first-order valence-corrected chi connectivity index (χ1v) is 9.28. The molecule has 0 radical (unpaired) electrons. The Kier molecular flexibility index (Phi) is 6.24. The van der Waals surface area contributed by atoms with Crippen LogP contribution in [0.5, 0.6) is 0 Å². The third-order valence-electron chi connectivity index (χ3n) is 3.96. The largest absolute Gasteiger partial charge is 0.405 e. The van der Waals surface area contributed by atoms with E-state index in [2.05, 4.69) is 31.0 Å². The maximum Gasteiger partial charge on any atom is 0.405 e. The van der Waals surface area contributed by atoms with Gasteiger partial charge in [-0.25, -0.2) is 0 Å². The summed E-state index contributed by atoms with van der Waals surface area (Å²) in [7, 11) is 1.76. The minimum absolute atomic E-state index is 0.0403. The van der Waals surface area contributed by atoms with Gasteiger partial charge in [0.1, 0.15) is 6.54 Å². The number of nitrogens with one attached hydrogen (secondary N) is 1. The van der Waals surface area contributed by atoms with E-state index < -0.39 is 23.9 Å². The Balaban J connectivity index is 2.09. The summed E-state index contributed by atoms with van der Waals surface area (Å²) in [5.41, 5.74) is 2.11. The second-order valence-corrected chi connectivity index (χ2v) is 8.59. The highest BCUT2D eigenvalue weighted by Gasteiger charge is 2.29. The van der Waals surface area contributed by atoms with Crippen molar-refractivity contribution in [2.45, 2.75) is 49.7 Å². The SMILES string of the molecule is CC(Sc1nnc(-c2ccc(C(C)(C)C)cc2)n1C)C(=O)NCC(F)(F)F. The predicted octanol–water partition coefficient (Wildman–Crippen LogP) is 3.94. The molecule has 0 aliphatic heterocycles. The Labute approximate surface area is 160 Å². The van der Waals surface area contributed by atoms with Crippen LogP contribution in [0.4, 0.5) is 13.2 Å². The lowest BCUT2D eigenvalue weighted by molar-refractivity contribution is -0.137. The summed E-state index contributed by atoms with van der Waals surface area (Å²) in [6, 6.07) is 7.98. The molecule has 1 unspecified atom stereocenters. The van der Waals surface area contributed by atoms with Crippen LogP contribution in [0.25, 0.3) is 11.4 Å². The van der Waals surface area contributed by atoms with Crippen LogP contribution in [0.2, 0.25) is 0 Å². The molecule has 1 N–H and O–H groups in total. The summed E-state index contributed by atoms with van der Waals surface area (Å²) in [5, 5.41) is 9.83. The van der Waals surface area contributed by atoms with Crippen molar-refractivity contribution in [1.29, 1.82) is 0 Å². The van der Waals surface area contributed by atoms with Crippen molar-refractivity contribution in [3.63, 3.8) is 0 Å². The molecule has 1 heterocycles. The first-order valence-electron chi connectivity index (χ1n) is 8.40. The maximum absolute atomic E-state index is 12.2. The number of benzene rings is 1. The van der Waals surface area contributed by atoms with Crippen molar-refractivity contribution < 1.29 is 18.0 Å². The van der Waals surface area contributed by atoms with E-state index in [4.69, 9.17) is 0 Å². The van der Waals surface area contributed by atoms with Gasteiger partial charge in [-0.3, -0.25) is 4.79 Å². The zero-order chi connectivity index (χ0) is 20.4. The van der Waals surface area contributed by atoms with E-state index in [1.165, 1.54) is 12.5 Å². The van der Waals surface area contributed by atoms with E-state index in [9.17, 15) is 18.0 Å². The molecule has 1 atom stereocenters. The fraction of sp³-hybridized carbons (Fsp3) is 0.500. The summed E-state index contributed by atoms with van der Waals surface area (Å²) < 4.78 is 38.4. The van der Waals surface area contributed by atoms with Gasteiger partial charge in [0.05, 0.1) is 5.25 Å². The lowest BCUT2D eigenvalue weighted by Crippen LogP contribution is -2.38. The van der Waals surface area contributed by atoms with Crippen LogP contribution in [-0.2, 0) is 17.3 Å². The molecule has 2 aromatic rings. The fourth-order valence-electron chi connectivity index (χ4n) is 2.33. The molecule has 0 spiro atoms. The van der Waals surface area contributed by atoms with Gasteiger partial charge in [0.25, 0.3) is 0 Å². The van der Waals surface area contributed by atoms with Gasteiger partial charge in [-0.2, -0.15) is 13.2 Å². The third-order valence-corrected chi connectivity index (χ3v) is 5.09. The summed E-state index contributed by atoms with van der Waals surface area (Å²) >= 11 is 1.06. The van der Waals surface area contributed by atoms with Crippen LogP contribution in [0.1, 0.15) is 33.3 Å². The van der Waals surface area contributed by atoms with Crippen molar-refractivity contribution in [3.8, 4) is 11.4 Å². The van der Waals surface area contributed by atoms with E-state index in [0.29, 0.717) is 11.0 Å². The normalized spacial score (nSPS) is 13.5. The van der Waals surface area contributed by atoms with Gasteiger partial charge in [0.2, 0.25) is 5.91 Å². The molecule has 0 saturated carbocycles. The molecule has 1 amide bonds. The molecule has 0 aliphatic rings. The number of carbonyl (C=O) groups is 1. The average molecular weight is 400 g/mol. The molecule has 0 aliphatic carbocycles. The second-order valence-electron chi connectivity index (χ2n) is 7.29. The standard InChI is InChI=1S/C18H23F3N4OS/c1-11(15(26)22-10-18(19,20)21)27-16-24-23-14(25(16)5)12-6-8-13(9-7-12)17(2,3)4/h6-9,11H,10H2,1-5H3,(H,22,26). The Morgan fingerprint density at radius 3 is 2.30 bits per heavy atom. The number of amides is 1. The van der Waals surface area contributed by atoms with Crippen LogP contribution in [-0.4, -0.2) is 38.6 Å². The van der Waals surface area contributed by atoms with Crippen LogP contribution in [0.3, 0.4) is 0 Å². The highest BCUT2D eigenvalue weighted by Crippen LogP contribution is 2.28. The van der Waals surface area contributed by atoms with E-state index >= 15 is 0 Å². The van der Waals surface area contributed by atoms with E-state index in [1.807, 2.05) is 29.6 Å². The van der Waals surface area contributed by atoms with E-state index in [1.54, 1.807) is 11.6 Å². The predicted molar refractivity (Wildman–Crippen MR) is 99.5 cm³/mol. The molecule has 148 valence electrons. The summed E-state index contributed by atoms with van der Waals surface area (Å²) in [6.45, 7) is 6.57. The number of thioether (sulfide) groups is 1. The summed E-state index contributed by atoms with van der Waals surface area (Å²) in [5.74, 6) is -0.0720. The highest BCUT2D eigenvalue weighted by molar-refractivity contribution is 8.00. The highest BCUT2D eigenvalue weighted by atomic mass is 32.2. The summed E-state index contributed by atoms with van der Waals surface area (Å²) in [4.78, 5) is 11.8. The Morgan fingerprint density at radius 2 is 1.78 bits per heavy atom. The molecule has 5 nitrogen and oxygen atoms in total. The number of halogens is 3. The summed E-state index contributed by atoms with van der Waals surface area (Å²) in [6.07, 6.45) is -4.43. The smallest absolute Gasteiger partial charge is 0.346 e. The van der Waals surface area contributed by atoms with Crippen molar-refractivity contribution in [1.82, 2.24) is 20.1 Å². The van der Waals surface area contributed by atoms with Gasteiger partial charge in [-0.05, 0) is 17.9 Å². The topological polar surface area (TPSA) is 59.8 Å². The van der Waals surface area contributed by atoms with Crippen LogP contribution in [0, 0.1) is 0 Å². The Hall–Kier alpha value is -2.03. The van der Waals surface area contributed by atoms with Gasteiger partial charge in [0.15, 0.2) is 11.0 Å². The number of carbonyl (C=O) groups excluding carboxylic acids is 1.